The summed E-state index contributed by atoms with van der Waals surface area (Å²) in [5.41, 5.74) is 0.637. The first-order valence-corrected chi connectivity index (χ1v) is 7.49. The molecule has 0 aromatic heterocycles. The first-order valence-electron chi connectivity index (χ1n) is 7.49. The molecule has 3 nitrogen and oxygen atoms in total. The number of carbonyl (C=O) groups excluding carboxylic acids is 1. The van der Waals surface area contributed by atoms with Crippen molar-refractivity contribution in [2.24, 2.45) is 0 Å². The fraction of sp³-hybridized carbons (Fsp3) is 0.562. The minimum atomic E-state index is -0.209. The van der Waals surface area contributed by atoms with E-state index in [2.05, 4.69) is 4.90 Å². The minimum Gasteiger partial charge on any atom is -0.340 e. The van der Waals surface area contributed by atoms with Gasteiger partial charge < -0.3 is 4.90 Å². The van der Waals surface area contributed by atoms with Gasteiger partial charge in [-0.05, 0) is 30.9 Å². The molecule has 2 aliphatic rings. The summed E-state index contributed by atoms with van der Waals surface area (Å²) >= 11 is 0. The highest BCUT2D eigenvalue weighted by Gasteiger charge is 2.32. The van der Waals surface area contributed by atoms with Gasteiger partial charge in [0.1, 0.15) is 5.82 Å². The molecule has 1 aromatic carbocycles. The topological polar surface area (TPSA) is 23.6 Å². The fourth-order valence-corrected chi connectivity index (χ4v) is 2.88. The zero-order valence-electron chi connectivity index (χ0n) is 11.7. The summed E-state index contributed by atoms with van der Waals surface area (Å²) in [6.07, 6.45) is 3.54. The third-order valence-electron chi connectivity index (χ3n) is 4.30. The van der Waals surface area contributed by atoms with E-state index >= 15 is 0 Å². The maximum atomic E-state index is 13.5. The van der Waals surface area contributed by atoms with Crippen LogP contribution in [-0.4, -0.2) is 47.9 Å². The van der Waals surface area contributed by atoms with Gasteiger partial charge >= 0.3 is 0 Å². The molecule has 108 valence electrons. The molecule has 0 atom stereocenters. The normalized spacial score (nSPS) is 20.1. The van der Waals surface area contributed by atoms with E-state index in [4.69, 9.17) is 0 Å². The number of nitrogens with zero attached hydrogens (tertiary/aromatic N) is 2. The van der Waals surface area contributed by atoms with E-state index < -0.39 is 0 Å². The Hall–Kier alpha value is -1.42. The van der Waals surface area contributed by atoms with E-state index in [0.29, 0.717) is 18.4 Å². The highest BCUT2D eigenvalue weighted by molar-refractivity contribution is 5.76. The SMILES string of the molecule is O=C(CCc1ccccc1F)N1CCN(C2CC2)CC1. The lowest BCUT2D eigenvalue weighted by Gasteiger charge is -2.34. The molecule has 1 saturated carbocycles. The molecular formula is C16H21FN2O. The summed E-state index contributed by atoms with van der Waals surface area (Å²) < 4.78 is 13.5. The van der Waals surface area contributed by atoms with Crippen molar-refractivity contribution in [1.29, 1.82) is 0 Å². The molecule has 2 fully saturated rings. The predicted molar refractivity (Wildman–Crippen MR) is 75.9 cm³/mol. The summed E-state index contributed by atoms with van der Waals surface area (Å²) in [6.45, 7) is 3.64. The first kappa shape index (κ1) is 13.6. The van der Waals surface area contributed by atoms with Crippen LogP contribution in [0.3, 0.4) is 0 Å². The van der Waals surface area contributed by atoms with Gasteiger partial charge in [0, 0.05) is 38.6 Å². The second-order valence-corrected chi connectivity index (χ2v) is 5.74. The zero-order chi connectivity index (χ0) is 13.9. The van der Waals surface area contributed by atoms with Crippen LogP contribution < -0.4 is 0 Å². The number of benzene rings is 1. The second-order valence-electron chi connectivity index (χ2n) is 5.74. The Labute approximate surface area is 119 Å². The third kappa shape index (κ3) is 3.18. The number of hydrogen-bond donors (Lipinski definition) is 0. The van der Waals surface area contributed by atoms with Crippen LogP contribution in [0.15, 0.2) is 24.3 Å². The maximum absolute atomic E-state index is 13.5. The van der Waals surface area contributed by atoms with Gasteiger partial charge in [-0.3, -0.25) is 9.69 Å². The van der Waals surface area contributed by atoms with Crippen LogP contribution in [0, 0.1) is 5.82 Å². The van der Waals surface area contributed by atoms with Crippen molar-refractivity contribution < 1.29 is 9.18 Å². The molecule has 3 rings (SSSR count). The van der Waals surface area contributed by atoms with Gasteiger partial charge in [-0.15, -0.1) is 0 Å². The van der Waals surface area contributed by atoms with Gasteiger partial charge in [0.2, 0.25) is 5.91 Å². The Morgan fingerprint density at radius 1 is 1.15 bits per heavy atom. The van der Waals surface area contributed by atoms with Gasteiger partial charge in [-0.25, -0.2) is 4.39 Å². The number of piperazine rings is 1. The van der Waals surface area contributed by atoms with E-state index in [1.807, 2.05) is 11.0 Å². The Morgan fingerprint density at radius 2 is 1.85 bits per heavy atom. The van der Waals surface area contributed by atoms with Crippen molar-refractivity contribution >= 4 is 5.91 Å². The zero-order valence-corrected chi connectivity index (χ0v) is 11.7. The van der Waals surface area contributed by atoms with E-state index in [1.165, 1.54) is 18.9 Å². The Kier molecular flexibility index (Phi) is 4.01. The Bertz CT molecular complexity index is 479. The van der Waals surface area contributed by atoms with Crippen molar-refractivity contribution in [2.45, 2.75) is 31.7 Å². The molecular weight excluding hydrogens is 255 g/mol. The Morgan fingerprint density at radius 3 is 2.50 bits per heavy atom. The molecule has 0 unspecified atom stereocenters. The lowest BCUT2D eigenvalue weighted by Crippen LogP contribution is -2.49. The van der Waals surface area contributed by atoms with Gasteiger partial charge in [-0.2, -0.15) is 0 Å². The standard InChI is InChI=1S/C16H21FN2O/c17-15-4-2-1-3-13(15)5-8-16(20)19-11-9-18(10-12-19)14-6-7-14/h1-4,14H,5-12H2. The fourth-order valence-electron chi connectivity index (χ4n) is 2.88. The van der Waals surface area contributed by atoms with Gasteiger partial charge in [0.15, 0.2) is 0 Å². The van der Waals surface area contributed by atoms with Crippen molar-refractivity contribution in [3.63, 3.8) is 0 Å². The molecule has 0 bridgehead atoms. The number of carbonyl (C=O) groups is 1. The summed E-state index contributed by atoms with van der Waals surface area (Å²) in [4.78, 5) is 16.6. The lowest BCUT2D eigenvalue weighted by atomic mass is 10.1. The van der Waals surface area contributed by atoms with Gasteiger partial charge in [-0.1, -0.05) is 18.2 Å². The average Bonchev–Trinajstić information content (AvgIpc) is 3.31. The second kappa shape index (κ2) is 5.92. The smallest absolute Gasteiger partial charge is 0.222 e. The van der Waals surface area contributed by atoms with Gasteiger partial charge in [0.05, 0.1) is 0 Å². The number of amides is 1. The van der Waals surface area contributed by atoms with Crippen molar-refractivity contribution in [3.8, 4) is 0 Å². The van der Waals surface area contributed by atoms with Crippen LogP contribution >= 0.6 is 0 Å². The van der Waals surface area contributed by atoms with E-state index in [9.17, 15) is 9.18 Å². The monoisotopic (exact) mass is 276 g/mol. The van der Waals surface area contributed by atoms with Crippen molar-refractivity contribution in [3.05, 3.63) is 35.6 Å². The van der Waals surface area contributed by atoms with Crippen LogP contribution in [0.4, 0.5) is 4.39 Å². The first-order chi connectivity index (χ1) is 9.74. The minimum absolute atomic E-state index is 0.156. The molecule has 4 heteroatoms. The predicted octanol–water partition coefficient (Wildman–Crippen LogP) is 2.06. The van der Waals surface area contributed by atoms with E-state index in [1.54, 1.807) is 12.1 Å². The van der Waals surface area contributed by atoms with Crippen LogP contribution in [0.2, 0.25) is 0 Å². The molecule has 20 heavy (non-hydrogen) atoms. The highest BCUT2D eigenvalue weighted by atomic mass is 19.1. The molecule has 1 saturated heterocycles. The van der Waals surface area contributed by atoms with Crippen LogP contribution in [-0.2, 0) is 11.2 Å². The summed E-state index contributed by atoms with van der Waals surface area (Å²) in [7, 11) is 0. The number of halogens is 1. The van der Waals surface area contributed by atoms with Crippen molar-refractivity contribution in [2.75, 3.05) is 26.2 Å². The number of rotatable bonds is 4. The largest absolute Gasteiger partial charge is 0.340 e. The molecule has 1 aliphatic carbocycles. The molecule has 1 aromatic rings. The van der Waals surface area contributed by atoms with E-state index in [-0.39, 0.29) is 11.7 Å². The van der Waals surface area contributed by atoms with Crippen LogP contribution in [0.5, 0.6) is 0 Å². The maximum Gasteiger partial charge on any atom is 0.222 e. The molecule has 0 radical (unpaired) electrons. The number of aryl methyl sites for hydroxylation is 1. The third-order valence-corrected chi connectivity index (χ3v) is 4.30. The van der Waals surface area contributed by atoms with E-state index in [0.717, 1.165) is 32.2 Å². The molecule has 0 spiro atoms. The summed E-state index contributed by atoms with van der Waals surface area (Å²) in [5, 5.41) is 0. The molecule has 1 aliphatic heterocycles. The summed E-state index contributed by atoms with van der Waals surface area (Å²) in [6, 6.07) is 7.49. The quantitative estimate of drug-likeness (QED) is 0.840. The average molecular weight is 276 g/mol. The van der Waals surface area contributed by atoms with Crippen LogP contribution in [0.25, 0.3) is 0 Å². The van der Waals surface area contributed by atoms with Crippen LogP contribution in [0.1, 0.15) is 24.8 Å². The van der Waals surface area contributed by atoms with Gasteiger partial charge in [0.25, 0.3) is 0 Å². The molecule has 1 amide bonds. The molecule has 1 heterocycles. The highest BCUT2D eigenvalue weighted by Crippen LogP contribution is 2.27. The van der Waals surface area contributed by atoms with Crippen molar-refractivity contribution in [1.82, 2.24) is 9.80 Å². The molecule has 0 N–H and O–H groups in total. The Balaban J connectivity index is 1.46. The number of hydrogen-bond acceptors (Lipinski definition) is 2. The lowest BCUT2D eigenvalue weighted by molar-refractivity contribution is -0.133. The summed E-state index contributed by atoms with van der Waals surface area (Å²) in [5.74, 6) is -0.0532.